The van der Waals surface area contributed by atoms with Crippen molar-refractivity contribution in [3.8, 4) is 17.0 Å². The Labute approximate surface area is 159 Å². The summed E-state index contributed by atoms with van der Waals surface area (Å²) < 4.78 is 5.16. The van der Waals surface area contributed by atoms with Crippen LogP contribution in [0.1, 0.15) is 20.8 Å². The van der Waals surface area contributed by atoms with Crippen LogP contribution >= 0.6 is 11.3 Å². The number of ether oxygens (including phenoxy) is 1. The number of amides is 1. The predicted molar refractivity (Wildman–Crippen MR) is 105 cm³/mol. The van der Waals surface area contributed by atoms with Crippen molar-refractivity contribution in [1.82, 2.24) is 4.98 Å². The Morgan fingerprint density at radius 2 is 1.89 bits per heavy atom. The van der Waals surface area contributed by atoms with E-state index < -0.39 is 10.8 Å². The van der Waals surface area contributed by atoms with E-state index in [0.29, 0.717) is 10.7 Å². The van der Waals surface area contributed by atoms with E-state index in [1.165, 1.54) is 23.5 Å². The van der Waals surface area contributed by atoms with Crippen molar-refractivity contribution in [3.63, 3.8) is 0 Å². The zero-order valence-corrected chi connectivity index (χ0v) is 15.8. The lowest BCUT2D eigenvalue weighted by Crippen LogP contribution is -2.14. The normalized spacial score (nSPS) is 10.5. The van der Waals surface area contributed by atoms with Crippen LogP contribution in [0, 0.1) is 24.0 Å². The molecule has 1 N–H and O–H groups in total. The lowest BCUT2D eigenvalue weighted by molar-refractivity contribution is -0.385. The second kappa shape index (κ2) is 7.55. The fraction of sp³-hybridized carbons (Fsp3) is 0.158. The smallest absolute Gasteiger partial charge is 0.273 e. The van der Waals surface area contributed by atoms with E-state index in [2.05, 4.69) is 10.3 Å². The van der Waals surface area contributed by atoms with E-state index in [1.807, 2.05) is 31.2 Å². The van der Waals surface area contributed by atoms with Crippen LogP contribution in [0.2, 0.25) is 0 Å². The van der Waals surface area contributed by atoms with Gasteiger partial charge in [-0.15, -0.1) is 11.3 Å². The van der Waals surface area contributed by atoms with Gasteiger partial charge in [-0.1, -0.05) is 6.07 Å². The number of aromatic nitrogens is 1. The van der Waals surface area contributed by atoms with Gasteiger partial charge in [-0.05, 0) is 44.2 Å². The monoisotopic (exact) mass is 383 g/mol. The molecule has 0 spiro atoms. The molecule has 1 amide bonds. The topological polar surface area (TPSA) is 94.4 Å². The van der Waals surface area contributed by atoms with Gasteiger partial charge in [0, 0.05) is 27.6 Å². The Morgan fingerprint density at radius 3 is 2.52 bits per heavy atom. The number of methoxy groups -OCH3 is 1. The number of nitrogens with zero attached hydrogens (tertiary/aromatic N) is 2. The SMILES string of the molecule is COc1ccc(-c2nc(NC(=O)c3cccc([N+](=O)[O-])c3C)sc2C)cc1. The molecule has 0 atom stereocenters. The number of thiazole rings is 1. The van der Waals surface area contributed by atoms with Gasteiger partial charge in [0.1, 0.15) is 5.75 Å². The molecule has 0 aliphatic carbocycles. The largest absolute Gasteiger partial charge is 0.497 e. The van der Waals surface area contributed by atoms with Crippen molar-refractivity contribution in [2.24, 2.45) is 0 Å². The van der Waals surface area contributed by atoms with E-state index >= 15 is 0 Å². The molecule has 1 heterocycles. The number of hydrogen-bond acceptors (Lipinski definition) is 6. The van der Waals surface area contributed by atoms with Crippen molar-refractivity contribution in [1.29, 1.82) is 0 Å². The number of anilines is 1. The van der Waals surface area contributed by atoms with Crippen molar-refractivity contribution >= 4 is 28.1 Å². The van der Waals surface area contributed by atoms with Gasteiger partial charge in [0.25, 0.3) is 11.6 Å². The van der Waals surface area contributed by atoms with Crippen LogP contribution in [0.5, 0.6) is 5.75 Å². The van der Waals surface area contributed by atoms with Crippen molar-refractivity contribution < 1.29 is 14.5 Å². The lowest BCUT2D eigenvalue weighted by atomic mass is 10.1. The third-order valence-electron chi connectivity index (χ3n) is 4.13. The molecule has 0 fully saturated rings. The van der Waals surface area contributed by atoms with Crippen molar-refractivity contribution in [2.75, 3.05) is 12.4 Å². The summed E-state index contributed by atoms with van der Waals surface area (Å²) in [6.45, 7) is 3.48. The first kappa shape index (κ1) is 18.5. The van der Waals surface area contributed by atoms with Gasteiger partial charge in [-0.3, -0.25) is 20.2 Å². The first-order chi connectivity index (χ1) is 12.9. The fourth-order valence-corrected chi connectivity index (χ4v) is 3.53. The van der Waals surface area contributed by atoms with Gasteiger partial charge in [-0.2, -0.15) is 0 Å². The highest BCUT2D eigenvalue weighted by molar-refractivity contribution is 7.16. The van der Waals surface area contributed by atoms with Gasteiger partial charge >= 0.3 is 0 Å². The summed E-state index contributed by atoms with van der Waals surface area (Å²) >= 11 is 1.35. The molecule has 0 radical (unpaired) electrons. The van der Waals surface area contributed by atoms with Crippen LogP contribution in [-0.2, 0) is 0 Å². The zero-order valence-electron chi connectivity index (χ0n) is 15.0. The second-order valence-electron chi connectivity index (χ2n) is 5.81. The summed E-state index contributed by atoms with van der Waals surface area (Å²) in [7, 11) is 1.60. The second-order valence-corrected chi connectivity index (χ2v) is 7.02. The van der Waals surface area contributed by atoms with E-state index in [0.717, 1.165) is 21.9 Å². The van der Waals surface area contributed by atoms with Gasteiger partial charge in [0.15, 0.2) is 5.13 Å². The minimum atomic E-state index is -0.499. The molecule has 0 saturated carbocycles. The molecular formula is C19H17N3O4S. The van der Waals surface area contributed by atoms with E-state index in [4.69, 9.17) is 4.74 Å². The van der Waals surface area contributed by atoms with E-state index in [1.54, 1.807) is 20.1 Å². The number of carbonyl (C=O) groups is 1. The first-order valence-corrected chi connectivity index (χ1v) is 8.89. The summed E-state index contributed by atoms with van der Waals surface area (Å²) in [5.74, 6) is 0.326. The van der Waals surface area contributed by atoms with Crippen LogP contribution < -0.4 is 10.1 Å². The fourth-order valence-electron chi connectivity index (χ4n) is 2.70. The van der Waals surface area contributed by atoms with Crippen LogP contribution in [0.25, 0.3) is 11.3 Å². The molecule has 1 aromatic heterocycles. The Balaban J connectivity index is 1.85. The van der Waals surface area contributed by atoms with Gasteiger partial charge in [-0.25, -0.2) is 4.98 Å². The number of rotatable bonds is 5. The van der Waals surface area contributed by atoms with Gasteiger partial charge in [0.2, 0.25) is 0 Å². The summed E-state index contributed by atoms with van der Waals surface area (Å²) in [6, 6.07) is 11.9. The molecule has 0 saturated heterocycles. The molecule has 3 rings (SSSR count). The minimum absolute atomic E-state index is 0.0862. The van der Waals surface area contributed by atoms with Crippen LogP contribution in [0.3, 0.4) is 0 Å². The average molecular weight is 383 g/mol. The highest BCUT2D eigenvalue weighted by Crippen LogP contribution is 2.32. The Hall–Kier alpha value is -3.26. The van der Waals surface area contributed by atoms with Crippen LogP contribution in [0.15, 0.2) is 42.5 Å². The Morgan fingerprint density at radius 1 is 1.19 bits per heavy atom. The number of benzene rings is 2. The summed E-state index contributed by atoms with van der Waals surface area (Å²) in [5, 5.41) is 14.2. The molecule has 0 aliphatic rings. The third-order valence-corrected chi connectivity index (χ3v) is 5.01. The van der Waals surface area contributed by atoms with Crippen molar-refractivity contribution in [3.05, 3.63) is 68.6 Å². The molecule has 3 aromatic rings. The maximum Gasteiger partial charge on any atom is 0.273 e. The van der Waals surface area contributed by atoms with Gasteiger partial charge < -0.3 is 4.74 Å². The molecular weight excluding hydrogens is 366 g/mol. The predicted octanol–water partition coefficient (Wildman–Crippen LogP) is 4.60. The quantitative estimate of drug-likeness (QED) is 0.513. The third kappa shape index (κ3) is 3.80. The highest BCUT2D eigenvalue weighted by Gasteiger charge is 2.19. The zero-order chi connectivity index (χ0) is 19.6. The van der Waals surface area contributed by atoms with Crippen LogP contribution in [-0.4, -0.2) is 22.9 Å². The number of aryl methyl sites for hydroxylation is 1. The molecule has 7 nitrogen and oxygen atoms in total. The average Bonchev–Trinajstić information content (AvgIpc) is 3.01. The van der Waals surface area contributed by atoms with Crippen LogP contribution in [0.4, 0.5) is 10.8 Å². The number of nitro groups is 1. The summed E-state index contributed by atoms with van der Waals surface area (Å²) in [4.78, 5) is 28.6. The van der Waals surface area contributed by atoms with Gasteiger partial charge in [0.05, 0.1) is 17.7 Å². The summed E-state index contributed by atoms with van der Waals surface area (Å²) in [6.07, 6.45) is 0. The maximum absolute atomic E-state index is 12.6. The Bertz CT molecular complexity index is 1010. The Kier molecular flexibility index (Phi) is 5.18. The highest BCUT2D eigenvalue weighted by atomic mass is 32.1. The molecule has 0 bridgehead atoms. The molecule has 138 valence electrons. The molecule has 0 aliphatic heterocycles. The standard InChI is InChI=1S/C19H17N3O4S/c1-11-15(5-4-6-16(11)22(24)25)18(23)21-19-20-17(12(2)27-19)13-7-9-14(26-3)10-8-13/h4-10H,1-3H3,(H,20,21,23). The maximum atomic E-state index is 12.6. The molecule has 2 aromatic carbocycles. The number of hydrogen-bond donors (Lipinski definition) is 1. The van der Waals surface area contributed by atoms with E-state index in [-0.39, 0.29) is 11.3 Å². The number of nitro benzene ring substituents is 1. The first-order valence-electron chi connectivity index (χ1n) is 8.08. The minimum Gasteiger partial charge on any atom is -0.497 e. The molecule has 27 heavy (non-hydrogen) atoms. The lowest BCUT2D eigenvalue weighted by Gasteiger charge is -2.05. The molecule has 8 heteroatoms. The van der Waals surface area contributed by atoms with E-state index in [9.17, 15) is 14.9 Å². The number of nitrogens with one attached hydrogen (secondary N) is 1. The van der Waals surface area contributed by atoms with Crippen molar-refractivity contribution in [2.45, 2.75) is 13.8 Å². The molecule has 0 unspecified atom stereocenters. The number of carbonyl (C=O) groups excluding carboxylic acids is 1. The summed E-state index contributed by atoms with van der Waals surface area (Å²) in [5.41, 5.74) is 2.17.